The zero-order chi connectivity index (χ0) is 14.6. The van der Waals surface area contributed by atoms with Crippen molar-refractivity contribution in [3.05, 3.63) is 15.9 Å². The summed E-state index contributed by atoms with van der Waals surface area (Å²) >= 11 is 3.35. The van der Waals surface area contributed by atoms with Crippen LogP contribution in [0.5, 0.6) is 0 Å². The molecule has 0 fully saturated rings. The van der Waals surface area contributed by atoms with Crippen molar-refractivity contribution in [2.24, 2.45) is 0 Å². The molecule has 0 atom stereocenters. The number of aromatic nitrogens is 2. The lowest BCUT2D eigenvalue weighted by molar-refractivity contribution is 0.0581. The molecular weight excluding hydrogens is 328 g/mol. The summed E-state index contributed by atoms with van der Waals surface area (Å²) in [6.45, 7) is 9.88. The molecule has 0 bridgehead atoms. The Morgan fingerprint density at radius 1 is 1.42 bits per heavy atom. The maximum absolute atomic E-state index is 11.5. The number of methoxy groups -OCH3 is 1. The van der Waals surface area contributed by atoms with Gasteiger partial charge in [0.2, 0.25) is 0 Å². The Kier molecular flexibility index (Phi) is 5.75. The second-order valence-corrected chi connectivity index (χ2v) is 12.0. The first-order chi connectivity index (χ1) is 8.76. The topological polar surface area (TPSA) is 53.3 Å². The summed E-state index contributed by atoms with van der Waals surface area (Å²) in [5.74, 6) is -0.448. The Morgan fingerprint density at radius 2 is 2.05 bits per heavy atom. The summed E-state index contributed by atoms with van der Waals surface area (Å²) in [7, 11) is 0.264. The van der Waals surface area contributed by atoms with Gasteiger partial charge in [-0.3, -0.25) is 0 Å². The number of carbonyl (C=O) groups is 1. The molecule has 0 amide bonds. The third-order valence-electron chi connectivity index (χ3n) is 2.72. The Hall–Kier alpha value is -0.663. The number of hydrogen-bond acceptors (Lipinski definition) is 4. The summed E-state index contributed by atoms with van der Waals surface area (Å²) in [6, 6.07) is 1.11. The van der Waals surface area contributed by atoms with E-state index in [0.29, 0.717) is 11.2 Å². The van der Waals surface area contributed by atoms with Crippen molar-refractivity contribution in [1.29, 1.82) is 0 Å². The maximum Gasteiger partial charge on any atom is 0.359 e. The SMILES string of the molecule is COC(=O)c1nn(COCC[Si](C)(C)C)c(C)c1Br. The van der Waals surface area contributed by atoms with Crippen molar-refractivity contribution in [2.75, 3.05) is 13.7 Å². The molecule has 0 aliphatic carbocycles. The second kappa shape index (κ2) is 6.67. The van der Waals surface area contributed by atoms with Crippen molar-refractivity contribution in [3.63, 3.8) is 0 Å². The van der Waals surface area contributed by atoms with Gasteiger partial charge in [0.25, 0.3) is 0 Å². The molecule has 0 spiro atoms. The third-order valence-corrected chi connectivity index (χ3v) is 5.38. The molecule has 1 rings (SSSR count). The van der Waals surface area contributed by atoms with Gasteiger partial charge in [-0.25, -0.2) is 9.48 Å². The summed E-state index contributed by atoms with van der Waals surface area (Å²) in [4.78, 5) is 11.5. The van der Waals surface area contributed by atoms with Gasteiger partial charge >= 0.3 is 5.97 Å². The van der Waals surface area contributed by atoms with E-state index in [-0.39, 0.29) is 5.69 Å². The van der Waals surface area contributed by atoms with E-state index in [1.807, 2.05) is 6.92 Å². The highest BCUT2D eigenvalue weighted by atomic mass is 79.9. The normalized spacial score (nSPS) is 11.7. The summed E-state index contributed by atoms with van der Waals surface area (Å²) in [5, 5.41) is 4.20. The van der Waals surface area contributed by atoms with Crippen LogP contribution in [-0.4, -0.2) is 37.5 Å². The molecule has 5 nitrogen and oxygen atoms in total. The molecule has 0 radical (unpaired) electrons. The largest absolute Gasteiger partial charge is 0.464 e. The highest BCUT2D eigenvalue weighted by Crippen LogP contribution is 2.21. The third kappa shape index (κ3) is 4.74. The lowest BCUT2D eigenvalue weighted by atomic mass is 10.4. The number of hydrogen-bond donors (Lipinski definition) is 0. The number of rotatable bonds is 6. The number of carbonyl (C=O) groups excluding carboxylic acids is 1. The molecule has 7 heteroatoms. The van der Waals surface area contributed by atoms with E-state index in [1.165, 1.54) is 7.11 Å². The van der Waals surface area contributed by atoms with Crippen LogP contribution in [0.3, 0.4) is 0 Å². The fraction of sp³-hybridized carbons (Fsp3) is 0.667. The molecule has 0 saturated carbocycles. The zero-order valence-corrected chi connectivity index (χ0v) is 14.7. The van der Waals surface area contributed by atoms with Crippen molar-refractivity contribution < 1.29 is 14.3 Å². The van der Waals surface area contributed by atoms with Crippen LogP contribution in [0.4, 0.5) is 0 Å². The van der Waals surface area contributed by atoms with E-state index in [4.69, 9.17) is 4.74 Å². The highest BCUT2D eigenvalue weighted by Gasteiger charge is 2.19. The van der Waals surface area contributed by atoms with Crippen LogP contribution in [0.2, 0.25) is 25.7 Å². The average molecular weight is 349 g/mol. The standard InChI is InChI=1S/C12H21BrN2O3Si/c1-9-10(13)11(12(16)17-2)14-15(9)8-18-6-7-19(3,4)5/h6-8H2,1-5H3. The molecule has 1 aromatic heterocycles. The molecular formula is C12H21BrN2O3Si. The lowest BCUT2D eigenvalue weighted by Gasteiger charge is -2.15. The Morgan fingerprint density at radius 3 is 2.58 bits per heavy atom. The summed E-state index contributed by atoms with van der Waals surface area (Å²) in [6.07, 6.45) is 0. The quantitative estimate of drug-likeness (QED) is 0.450. The van der Waals surface area contributed by atoms with Gasteiger partial charge < -0.3 is 9.47 Å². The van der Waals surface area contributed by atoms with Gasteiger partial charge in [0.05, 0.1) is 17.3 Å². The number of halogens is 1. The molecule has 0 aliphatic rings. The fourth-order valence-electron chi connectivity index (χ4n) is 1.41. The maximum atomic E-state index is 11.5. The number of esters is 1. The van der Waals surface area contributed by atoms with Crippen LogP contribution in [0.15, 0.2) is 4.47 Å². The van der Waals surface area contributed by atoms with Crippen LogP contribution in [-0.2, 0) is 16.2 Å². The van der Waals surface area contributed by atoms with Crippen molar-refractivity contribution in [3.8, 4) is 0 Å². The minimum atomic E-state index is -1.08. The summed E-state index contributed by atoms with van der Waals surface area (Å²) < 4.78 is 12.6. The first kappa shape index (κ1) is 16.4. The number of nitrogens with zero attached hydrogens (tertiary/aromatic N) is 2. The predicted octanol–water partition coefficient (Wildman–Crippen LogP) is 3.05. The van der Waals surface area contributed by atoms with E-state index < -0.39 is 14.0 Å². The first-order valence-corrected chi connectivity index (χ1v) is 10.6. The van der Waals surface area contributed by atoms with Crippen molar-refractivity contribution in [2.45, 2.75) is 39.3 Å². The molecule has 19 heavy (non-hydrogen) atoms. The lowest BCUT2D eigenvalue weighted by Crippen LogP contribution is -2.22. The summed E-state index contributed by atoms with van der Waals surface area (Å²) in [5.41, 5.74) is 1.14. The van der Waals surface area contributed by atoms with Crippen molar-refractivity contribution >= 4 is 30.0 Å². The zero-order valence-electron chi connectivity index (χ0n) is 12.1. The first-order valence-electron chi connectivity index (χ1n) is 6.15. The Balaban J connectivity index is 2.62. The minimum absolute atomic E-state index is 0.286. The van der Waals surface area contributed by atoms with Crippen LogP contribution in [0.25, 0.3) is 0 Å². The van der Waals surface area contributed by atoms with Gasteiger partial charge in [-0.15, -0.1) is 0 Å². The Bertz CT molecular complexity index is 455. The molecule has 108 valence electrons. The minimum Gasteiger partial charge on any atom is -0.464 e. The van der Waals surface area contributed by atoms with Gasteiger partial charge in [0.15, 0.2) is 5.69 Å². The monoisotopic (exact) mass is 348 g/mol. The van der Waals surface area contributed by atoms with Crippen LogP contribution < -0.4 is 0 Å². The molecule has 0 aromatic carbocycles. The van der Waals surface area contributed by atoms with Crippen LogP contribution >= 0.6 is 15.9 Å². The molecule has 0 N–H and O–H groups in total. The highest BCUT2D eigenvalue weighted by molar-refractivity contribution is 9.10. The van der Waals surface area contributed by atoms with Gasteiger partial charge in [-0.05, 0) is 28.9 Å². The smallest absolute Gasteiger partial charge is 0.359 e. The van der Waals surface area contributed by atoms with Gasteiger partial charge in [0, 0.05) is 14.7 Å². The number of ether oxygens (including phenoxy) is 2. The van der Waals surface area contributed by atoms with E-state index in [2.05, 4.69) is 45.4 Å². The van der Waals surface area contributed by atoms with Gasteiger partial charge in [-0.1, -0.05) is 19.6 Å². The van der Waals surface area contributed by atoms with Gasteiger partial charge in [0.1, 0.15) is 6.73 Å². The molecule has 1 heterocycles. The second-order valence-electron chi connectivity index (χ2n) is 5.59. The van der Waals surface area contributed by atoms with Crippen LogP contribution in [0.1, 0.15) is 16.2 Å². The van der Waals surface area contributed by atoms with Crippen molar-refractivity contribution in [1.82, 2.24) is 9.78 Å². The molecule has 1 aromatic rings. The molecule has 0 saturated heterocycles. The fourth-order valence-corrected chi connectivity index (χ4v) is 2.61. The molecule has 0 aliphatic heterocycles. The Labute approximate surface area is 123 Å². The van der Waals surface area contributed by atoms with E-state index in [1.54, 1.807) is 4.68 Å². The predicted molar refractivity (Wildman–Crippen MR) is 80.1 cm³/mol. The van der Waals surface area contributed by atoms with E-state index in [9.17, 15) is 4.79 Å². The van der Waals surface area contributed by atoms with E-state index >= 15 is 0 Å². The van der Waals surface area contributed by atoms with Gasteiger partial charge in [-0.2, -0.15) is 5.10 Å². The van der Waals surface area contributed by atoms with E-state index in [0.717, 1.165) is 18.3 Å². The molecule has 0 unspecified atom stereocenters. The average Bonchev–Trinajstić information content (AvgIpc) is 2.60. The van der Waals surface area contributed by atoms with Crippen LogP contribution in [0, 0.1) is 6.92 Å².